The summed E-state index contributed by atoms with van der Waals surface area (Å²) in [6, 6.07) is 5.65. The lowest BCUT2D eigenvalue weighted by molar-refractivity contribution is -0.141. The van der Waals surface area contributed by atoms with E-state index in [9.17, 15) is 43.2 Å². The van der Waals surface area contributed by atoms with E-state index in [-0.39, 0.29) is 68.0 Å². The summed E-state index contributed by atoms with van der Waals surface area (Å²) in [6.45, 7) is 10.7. The first kappa shape index (κ1) is 52.8. The molecule has 1 aromatic heterocycles. The molecule has 0 bridgehead atoms. The summed E-state index contributed by atoms with van der Waals surface area (Å²) < 4.78 is 0. The lowest BCUT2D eigenvalue weighted by atomic mass is 9.74. The fourth-order valence-corrected chi connectivity index (χ4v) is 8.81. The highest BCUT2D eigenvalue weighted by molar-refractivity contribution is 6.38. The first-order valence-corrected chi connectivity index (χ1v) is 23.3. The van der Waals surface area contributed by atoms with Crippen LogP contribution in [-0.4, -0.2) is 118 Å². The first-order valence-electron chi connectivity index (χ1n) is 23.3. The van der Waals surface area contributed by atoms with Gasteiger partial charge in [0.15, 0.2) is 11.6 Å². The van der Waals surface area contributed by atoms with Crippen LogP contribution in [-0.2, 0) is 33.6 Å². The summed E-state index contributed by atoms with van der Waals surface area (Å²) in [7, 11) is 3.15. The van der Waals surface area contributed by atoms with Gasteiger partial charge in [0.05, 0.1) is 24.2 Å². The largest absolute Gasteiger partial charge is 0.351 e. The van der Waals surface area contributed by atoms with Gasteiger partial charge in [0.25, 0.3) is 5.91 Å². The van der Waals surface area contributed by atoms with Gasteiger partial charge in [0, 0.05) is 82.8 Å². The van der Waals surface area contributed by atoms with Gasteiger partial charge in [-0.2, -0.15) is 0 Å². The average molecular weight is 915 g/mol. The Hall–Kier alpha value is -5.87. The maximum absolute atomic E-state index is 14.5. The Morgan fingerprint density at radius 2 is 1.55 bits per heavy atom. The number of hydrogen-bond donors (Lipinski definition) is 4. The number of aromatic nitrogens is 2. The summed E-state index contributed by atoms with van der Waals surface area (Å²) in [5.41, 5.74) is -0.173. The number of carbonyl (C=O) groups is 9. The first-order chi connectivity index (χ1) is 31.2. The number of rotatable bonds is 22. The number of anilines is 1. The van der Waals surface area contributed by atoms with E-state index in [4.69, 9.17) is 0 Å². The molecule has 2 aromatic rings. The summed E-state index contributed by atoms with van der Waals surface area (Å²) in [5, 5.41) is 11.4. The van der Waals surface area contributed by atoms with Crippen LogP contribution in [0.2, 0.25) is 0 Å². The molecule has 0 spiro atoms. The molecule has 360 valence electrons. The zero-order chi connectivity index (χ0) is 48.7. The molecule has 17 nitrogen and oxygen atoms in total. The molecule has 66 heavy (non-hydrogen) atoms. The Morgan fingerprint density at radius 1 is 0.864 bits per heavy atom. The van der Waals surface area contributed by atoms with E-state index in [1.807, 2.05) is 27.7 Å². The van der Waals surface area contributed by atoms with E-state index in [0.717, 1.165) is 32.1 Å². The second-order valence-electron chi connectivity index (χ2n) is 19.4. The molecule has 2 heterocycles. The van der Waals surface area contributed by atoms with Crippen molar-refractivity contribution in [3.8, 4) is 0 Å². The number of nitrogens with one attached hydrogen (secondary N) is 4. The average Bonchev–Trinajstić information content (AvgIpc) is 3.71. The summed E-state index contributed by atoms with van der Waals surface area (Å²) in [6.07, 6.45) is 7.86. The number of likely N-dealkylation sites (tertiary alicyclic amines) is 1. The standard InChI is InChI=1S/C49H70N8O9/c1-9-16-32(44(62)38(58)21-22-41(61)54-42(30(2)3)47(65)56(7)8)25-39(59)34-28-57(48(66)52-33-19-14-11-15-20-33)29-37(34)53-45(63)35(49(4,5)6)26-40(60)43(31-17-12-10-13-18-31)55-46(64)36-27-50-23-24-51-36/h11,14-15,19-20,23-24,27,30-32,34-35,37,42-43H,9-10,12-13,16-18,21-22,25-26,28-29H2,1-8H3,(H,52,66)(H,53,63)(H,54,61)(H,55,64)/t32-,34-,35-,37?,42+,43+/m1/s1. The van der Waals surface area contributed by atoms with Crippen molar-refractivity contribution in [3.63, 3.8) is 0 Å². The van der Waals surface area contributed by atoms with Crippen LogP contribution in [0.4, 0.5) is 10.5 Å². The summed E-state index contributed by atoms with van der Waals surface area (Å²) in [5.74, 6) is -7.47. The van der Waals surface area contributed by atoms with E-state index < -0.39 is 88.8 Å². The van der Waals surface area contributed by atoms with Crippen LogP contribution in [0.1, 0.15) is 123 Å². The molecular formula is C49H70N8O9. The molecular weight excluding hydrogens is 845 g/mol. The van der Waals surface area contributed by atoms with E-state index in [0.29, 0.717) is 12.1 Å². The smallest absolute Gasteiger partial charge is 0.321 e. The molecule has 1 aromatic carbocycles. The van der Waals surface area contributed by atoms with Gasteiger partial charge in [-0.15, -0.1) is 0 Å². The minimum Gasteiger partial charge on any atom is -0.351 e. The van der Waals surface area contributed by atoms with Crippen molar-refractivity contribution in [2.75, 3.05) is 32.5 Å². The molecule has 6 amide bonds. The maximum atomic E-state index is 14.5. The normalized spacial score (nSPS) is 18.3. The minimum atomic E-state index is -1.01. The Kier molecular flexibility index (Phi) is 19.7. The SMILES string of the molecule is CCC[C@H](CC(=O)[C@@H]1CN(C(=O)Nc2ccccc2)CC1NC(=O)[C@@H](CC(=O)[C@@H](NC(=O)c1cnccn1)C1CCCCC1)C(C)(C)C)C(=O)C(=O)CCC(=O)N[C@H](C(=O)N(C)C)C(C)C. The molecule has 1 saturated carbocycles. The lowest BCUT2D eigenvalue weighted by Gasteiger charge is -2.34. The molecule has 1 aliphatic carbocycles. The molecule has 1 aliphatic heterocycles. The predicted molar refractivity (Wildman–Crippen MR) is 248 cm³/mol. The number of Topliss-reactive ketones (excluding diaryl/α,β-unsaturated/α-hetero) is 4. The highest BCUT2D eigenvalue weighted by Crippen LogP contribution is 2.34. The van der Waals surface area contributed by atoms with E-state index in [2.05, 4.69) is 31.2 Å². The number of benzene rings is 1. The fourth-order valence-electron chi connectivity index (χ4n) is 8.81. The number of nitrogens with zero attached hydrogens (tertiary/aromatic N) is 4. The van der Waals surface area contributed by atoms with Crippen molar-refractivity contribution < 1.29 is 43.2 Å². The Bertz CT molecular complexity index is 2030. The molecule has 1 unspecified atom stereocenters. The van der Waals surface area contributed by atoms with Crippen LogP contribution >= 0.6 is 0 Å². The number of hydrogen-bond acceptors (Lipinski definition) is 11. The van der Waals surface area contributed by atoms with Gasteiger partial charge in [0.1, 0.15) is 17.5 Å². The highest BCUT2D eigenvalue weighted by Gasteiger charge is 2.45. The molecule has 2 fully saturated rings. The van der Waals surface area contributed by atoms with Crippen LogP contribution in [0.5, 0.6) is 0 Å². The van der Waals surface area contributed by atoms with Crippen LogP contribution in [0.25, 0.3) is 0 Å². The Labute approximate surface area is 388 Å². The fraction of sp³-hybridized carbons (Fsp3) is 0.612. The van der Waals surface area contributed by atoms with E-state index in [1.54, 1.807) is 58.3 Å². The van der Waals surface area contributed by atoms with Crippen molar-refractivity contribution in [3.05, 3.63) is 54.6 Å². The van der Waals surface area contributed by atoms with Gasteiger partial charge in [-0.05, 0) is 48.6 Å². The van der Waals surface area contributed by atoms with Gasteiger partial charge < -0.3 is 31.1 Å². The van der Waals surface area contributed by atoms with Crippen LogP contribution in [0.3, 0.4) is 0 Å². The second-order valence-corrected chi connectivity index (χ2v) is 19.4. The molecule has 1 saturated heterocycles. The quantitative estimate of drug-likeness (QED) is 0.115. The number of carbonyl (C=O) groups excluding carboxylic acids is 9. The monoisotopic (exact) mass is 915 g/mol. The number of ketones is 4. The van der Waals surface area contributed by atoms with Gasteiger partial charge in [-0.25, -0.2) is 9.78 Å². The Morgan fingerprint density at radius 3 is 2.14 bits per heavy atom. The zero-order valence-corrected chi connectivity index (χ0v) is 39.9. The van der Waals surface area contributed by atoms with Crippen molar-refractivity contribution in [1.29, 1.82) is 0 Å². The van der Waals surface area contributed by atoms with Crippen molar-refractivity contribution in [2.45, 2.75) is 130 Å². The van der Waals surface area contributed by atoms with E-state index >= 15 is 0 Å². The van der Waals surface area contributed by atoms with Gasteiger partial charge in [-0.3, -0.25) is 43.3 Å². The third-order valence-corrected chi connectivity index (χ3v) is 12.7. The zero-order valence-electron chi connectivity index (χ0n) is 39.9. The van der Waals surface area contributed by atoms with Gasteiger partial charge in [0.2, 0.25) is 23.5 Å². The van der Waals surface area contributed by atoms with E-state index in [1.165, 1.54) is 28.4 Å². The Balaban J connectivity index is 1.54. The number of amides is 6. The second kappa shape index (κ2) is 24.6. The van der Waals surface area contributed by atoms with Gasteiger partial charge in [-0.1, -0.05) is 85.4 Å². The number of urea groups is 1. The molecule has 4 rings (SSSR count). The minimum absolute atomic E-state index is 0.0569. The van der Waals surface area contributed by atoms with Crippen molar-refractivity contribution in [1.82, 2.24) is 35.7 Å². The lowest BCUT2D eigenvalue weighted by Crippen LogP contribution is -2.51. The summed E-state index contributed by atoms with van der Waals surface area (Å²) >= 11 is 0. The number of likely N-dealkylation sites (N-methyl/N-ethyl adjacent to an activating group) is 1. The van der Waals surface area contributed by atoms with Crippen LogP contribution in [0, 0.1) is 35.0 Å². The van der Waals surface area contributed by atoms with Crippen LogP contribution < -0.4 is 21.3 Å². The van der Waals surface area contributed by atoms with Gasteiger partial charge >= 0.3 is 6.03 Å². The topological polar surface area (TPSA) is 234 Å². The number of para-hydroxylation sites is 1. The molecule has 17 heteroatoms. The predicted octanol–water partition coefficient (Wildman–Crippen LogP) is 4.95. The third-order valence-electron chi connectivity index (χ3n) is 12.7. The maximum Gasteiger partial charge on any atom is 0.321 e. The van der Waals surface area contributed by atoms with Crippen molar-refractivity contribution in [2.24, 2.45) is 35.0 Å². The van der Waals surface area contributed by atoms with Crippen LogP contribution in [0.15, 0.2) is 48.9 Å². The molecule has 4 N–H and O–H groups in total. The molecule has 6 atom stereocenters. The summed E-state index contributed by atoms with van der Waals surface area (Å²) in [4.78, 5) is 134. The molecule has 2 aliphatic rings. The molecule has 0 radical (unpaired) electrons. The third kappa shape index (κ3) is 15.1. The highest BCUT2D eigenvalue weighted by atomic mass is 16.2. The van der Waals surface area contributed by atoms with Crippen molar-refractivity contribution >= 4 is 58.5 Å².